The van der Waals surface area contributed by atoms with Gasteiger partial charge in [-0.25, -0.2) is 13.2 Å². The quantitative estimate of drug-likeness (QED) is 0.0232. The third kappa shape index (κ3) is 21.5. The van der Waals surface area contributed by atoms with Crippen molar-refractivity contribution in [2.75, 3.05) is 6.61 Å². The van der Waals surface area contributed by atoms with Gasteiger partial charge in [0.25, 0.3) is 0 Å². The minimum absolute atomic E-state index is 0.0146. The SMILES string of the molecule is CCC(C)c1ccc(O)cc1.CCC(C)c1ccc(OC(=O)c2ccccc2S(=O)(=O)[O-])cc1.CCC(C)c1ccc(OCc2ccccc2)cc1.CCOC(Oc1ccc(C(C)CC)cc1)C12CC3CC(CC(C3)C1)C2.c1ccc([S+](c2ccccc2)c2ccccc2)cc1. The Bertz CT molecular complexity index is 3680. The molecular formula is C85H100O9S2. The molecule has 0 heterocycles. The van der Waals surface area contributed by atoms with Gasteiger partial charge in [-0.3, -0.25) is 0 Å². The smallest absolute Gasteiger partial charge is 0.344 e. The summed E-state index contributed by atoms with van der Waals surface area (Å²) in [5.74, 6) is 6.65. The number of phenolic OH excluding ortho intramolecular Hbond substituents is 1. The molecule has 0 spiro atoms. The molecule has 9 aromatic carbocycles. The summed E-state index contributed by atoms with van der Waals surface area (Å²) in [6, 6.07) is 79.2. The lowest BCUT2D eigenvalue weighted by molar-refractivity contribution is -0.213. The Morgan fingerprint density at radius 1 is 0.479 bits per heavy atom. The van der Waals surface area contributed by atoms with Crippen molar-refractivity contribution in [2.45, 2.75) is 183 Å². The van der Waals surface area contributed by atoms with Crippen LogP contribution in [0.1, 0.15) is 188 Å². The minimum atomic E-state index is -4.74. The van der Waals surface area contributed by atoms with Gasteiger partial charge in [-0.15, -0.1) is 0 Å². The highest BCUT2D eigenvalue weighted by atomic mass is 32.2. The fraction of sp³-hybridized carbons (Fsp3) is 0.353. The number of esters is 1. The van der Waals surface area contributed by atoms with Crippen LogP contribution < -0.4 is 14.2 Å². The summed E-state index contributed by atoms with van der Waals surface area (Å²) in [5, 5.41) is 9.01. The van der Waals surface area contributed by atoms with E-state index in [1.54, 1.807) is 24.3 Å². The monoisotopic (exact) mass is 1330 g/mol. The van der Waals surface area contributed by atoms with Crippen LogP contribution >= 0.6 is 0 Å². The van der Waals surface area contributed by atoms with E-state index in [0.29, 0.717) is 41.8 Å². The van der Waals surface area contributed by atoms with E-state index in [2.05, 4.69) is 214 Å². The lowest BCUT2D eigenvalue weighted by Gasteiger charge is -2.58. The van der Waals surface area contributed by atoms with Gasteiger partial charge in [-0.2, -0.15) is 0 Å². The van der Waals surface area contributed by atoms with Crippen molar-refractivity contribution in [3.63, 3.8) is 0 Å². The molecule has 13 rings (SSSR count). The van der Waals surface area contributed by atoms with Gasteiger partial charge in [0.1, 0.15) is 39.7 Å². The number of hydrogen-bond acceptors (Lipinski definition) is 9. The molecule has 506 valence electrons. The van der Waals surface area contributed by atoms with Gasteiger partial charge < -0.3 is 28.6 Å². The summed E-state index contributed by atoms with van der Waals surface area (Å²) in [5.41, 5.74) is 6.39. The lowest BCUT2D eigenvalue weighted by Crippen LogP contribution is -2.54. The standard InChI is InChI=1S/C23H34O2.C18H15S.C17H18O5S.C17H20O.C10H14O/c1-4-16(3)20-6-8-21(9-7-20)25-22(24-5-2)23-13-17-10-18(14-23)12-19(11-17)15-23;1-4-10-16(11-5-1)19(17-12-6-2-7-13-17)18-14-8-3-9-15-18;1-3-12(2)13-8-10-14(11-9-13)22-17(18)15-6-4-5-7-16(15)23(19,20)21;1-3-14(2)16-9-11-17(12-10-16)18-13-15-7-5-4-6-8-15;1-3-8(2)9-4-6-10(11)7-5-9/h6-9,16-19,22H,4-5,10-15H2,1-3H3;1-15H;4-12H,3H2,1-2H3,(H,19,20,21);4-12,14H,3,13H2,1-2H3;4-8,11H,3H2,1-2H3/q;+1;;;/p-1. The summed E-state index contributed by atoms with van der Waals surface area (Å²) < 4.78 is 57.2. The highest BCUT2D eigenvalue weighted by Crippen LogP contribution is 2.62. The first-order valence-corrected chi connectivity index (χ1v) is 37.3. The summed E-state index contributed by atoms with van der Waals surface area (Å²) in [4.78, 5) is 15.6. The van der Waals surface area contributed by atoms with Crippen LogP contribution in [0.15, 0.2) is 262 Å². The number of carbonyl (C=O) groups is 1. The molecule has 0 aromatic heterocycles. The van der Waals surface area contributed by atoms with Crippen LogP contribution in [-0.4, -0.2) is 36.9 Å². The lowest BCUT2D eigenvalue weighted by atomic mass is 9.49. The van der Waals surface area contributed by atoms with E-state index in [4.69, 9.17) is 24.1 Å². The molecule has 5 unspecified atom stereocenters. The average molecular weight is 1330 g/mol. The molecule has 0 saturated heterocycles. The van der Waals surface area contributed by atoms with E-state index < -0.39 is 21.0 Å². The van der Waals surface area contributed by atoms with E-state index in [-0.39, 0.29) is 28.2 Å². The topological polar surface area (TPSA) is 131 Å². The number of rotatable bonds is 22. The predicted octanol–water partition coefficient (Wildman–Crippen LogP) is 21.9. The summed E-state index contributed by atoms with van der Waals surface area (Å²) in [6.07, 6.45) is 12.7. The van der Waals surface area contributed by atoms with Crippen molar-refractivity contribution in [1.82, 2.24) is 0 Å². The molecular weight excluding hydrogens is 1230 g/mol. The summed E-state index contributed by atoms with van der Waals surface area (Å²) in [7, 11) is -4.76. The van der Waals surface area contributed by atoms with Gasteiger partial charge in [0, 0.05) is 12.0 Å². The van der Waals surface area contributed by atoms with Gasteiger partial charge >= 0.3 is 5.97 Å². The second-order valence-electron chi connectivity index (χ2n) is 26.1. The van der Waals surface area contributed by atoms with Gasteiger partial charge in [0.15, 0.2) is 14.7 Å². The summed E-state index contributed by atoms with van der Waals surface area (Å²) in [6.45, 7) is 21.0. The fourth-order valence-electron chi connectivity index (χ4n) is 13.3. The van der Waals surface area contributed by atoms with Crippen molar-refractivity contribution < 1.29 is 41.8 Å². The second kappa shape index (κ2) is 37.0. The molecule has 9 nitrogen and oxygen atoms in total. The molecule has 96 heavy (non-hydrogen) atoms. The number of hydrogen-bond donors (Lipinski definition) is 1. The first-order valence-electron chi connectivity index (χ1n) is 34.6. The molecule has 11 heteroatoms. The Labute approximate surface area is 576 Å². The zero-order valence-electron chi connectivity index (χ0n) is 57.7. The van der Waals surface area contributed by atoms with Crippen molar-refractivity contribution >= 4 is 27.0 Å². The van der Waals surface area contributed by atoms with E-state index in [1.807, 2.05) is 42.5 Å². The van der Waals surface area contributed by atoms with Crippen LogP contribution in [0.4, 0.5) is 0 Å². The maximum absolute atomic E-state index is 12.1. The molecule has 5 atom stereocenters. The minimum Gasteiger partial charge on any atom is -0.744 e. The van der Waals surface area contributed by atoms with E-state index in [0.717, 1.165) is 60.3 Å². The molecule has 0 radical (unpaired) electrons. The second-order valence-corrected chi connectivity index (χ2v) is 29.5. The van der Waals surface area contributed by atoms with Crippen LogP contribution in [0.25, 0.3) is 0 Å². The molecule has 0 amide bonds. The van der Waals surface area contributed by atoms with Crippen LogP contribution in [0, 0.1) is 23.2 Å². The predicted molar refractivity (Wildman–Crippen MR) is 391 cm³/mol. The highest BCUT2D eigenvalue weighted by molar-refractivity contribution is 7.97. The zero-order valence-corrected chi connectivity index (χ0v) is 59.4. The van der Waals surface area contributed by atoms with Crippen LogP contribution in [0.5, 0.6) is 23.0 Å². The van der Waals surface area contributed by atoms with E-state index in [9.17, 15) is 17.8 Å². The molecule has 0 aliphatic heterocycles. The number of ether oxygens (including phenoxy) is 4. The Morgan fingerprint density at radius 3 is 1.22 bits per heavy atom. The largest absolute Gasteiger partial charge is 0.744 e. The number of phenols is 1. The van der Waals surface area contributed by atoms with Crippen molar-refractivity contribution in [1.29, 1.82) is 0 Å². The van der Waals surface area contributed by atoms with E-state index >= 15 is 0 Å². The Morgan fingerprint density at radius 2 is 0.833 bits per heavy atom. The van der Waals surface area contributed by atoms with Gasteiger partial charge in [0.2, 0.25) is 6.29 Å². The normalized spacial score (nSPS) is 18.1. The Kier molecular flexibility index (Phi) is 28.5. The van der Waals surface area contributed by atoms with Crippen molar-refractivity contribution in [3.05, 3.63) is 276 Å². The maximum Gasteiger partial charge on any atom is 0.344 e. The van der Waals surface area contributed by atoms with Crippen LogP contribution in [0.3, 0.4) is 0 Å². The van der Waals surface area contributed by atoms with Gasteiger partial charge in [0.05, 0.1) is 21.4 Å². The third-order valence-electron chi connectivity index (χ3n) is 19.2. The maximum atomic E-state index is 12.1. The van der Waals surface area contributed by atoms with Crippen molar-refractivity contribution in [3.8, 4) is 23.0 Å². The van der Waals surface area contributed by atoms with Crippen LogP contribution in [-0.2, 0) is 32.4 Å². The average Bonchev–Trinajstić information content (AvgIpc) is 0.740. The molecule has 1 N–H and O–H groups in total. The molecule has 4 bridgehead atoms. The number of aromatic hydroxyl groups is 1. The Hall–Kier alpha value is -7.93. The molecule has 4 aliphatic rings. The van der Waals surface area contributed by atoms with Gasteiger partial charge in [-0.05, 0) is 237 Å². The first kappa shape index (κ1) is 73.9. The van der Waals surface area contributed by atoms with E-state index in [1.165, 1.54) is 107 Å². The third-order valence-corrected chi connectivity index (χ3v) is 22.3. The summed E-state index contributed by atoms with van der Waals surface area (Å²) >= 11 is 0. The van der Waals surface area contributed by atoms with Crippen LogP contribution in [0.2, 0.25) is 0 Å². The molecule has 4 saturated carbocycles. The molecule has 9 aromatic rings. The fourth-order valence-corrected chi connectivity index (χ4v) is 16.1. The number of carbonyl (C=O) groups excluding carboxylic acids is 1. The molecule has 4 aliphatic carbocycles. The zero-order chi connectivity index (χ0) is 68.5. The van der Waals surface area contributed by atoms with Gasteiger partial charge in [-0.1, -0.05) is 201 Å². The molecule has 4 fully saturated rings. The Balaban J connectivity index is 0.000000157. The van der Waals surface area contributed by atoms with Crippen molar-refractivity contribution in [2.24, 2.45) is 23.2 Å². The number of benzene rings is 9. The first-order chi connectivity index (χ1) is 46.4. The highest BCUT2D eigenvalue weighted by Gasteiger charge is 2.56.